The van der Waals surface area contributed by atoms with Crippen LogP contribution in [0.5, 0.6) is 0 Å². The molecule has 0 aliphatic rings. The van der Waals surface area contributed by atoms with Gasteiger partial charge in [0.2, 0.25) is 0 Å². The number of hydrogen-bond acceptors (Lipinski definition) is 3. The summed E-state index contributed by atoms with van der Waals surface area (Å²) in [5.41, 5.74) is 3.77. The first-order valence-electron chi connectivity index (χ1n) is 8.39. The van der Waals surface area contributed by atoms with Crippen LogP contribution in [-0.2, 0) is 0 Å². The highest BCUT2D eigenvalue weighted by Crippen LogP contribution is 2.13. The van der Waals surface area contributed by atoms with Crippen LogP contribution in [0.1, 0.15) is 28.5 Å². The highest BCUT2D eigenvalue weighted by Gasteiger charge is 2.18. The molecule has 0 saturated heterocycles. The molecule has 1 aromatic heterocycles. The summed E-state index contributed by atoms with van der Waals surface area (Å²) in [6, 6.07) is 17.1. The Labute approximate surface area is 152 Å². The first-order chi connectivity index (χ1) is 12.5. The van der Waals surface area contributed by atoms with Gasteiger partial charge in [-0.15, -0.1) is 0 Å². The molecule has 26 heavy (non-hydrogen) atoms. The van der Waals surface area contributed by atoms with Crippen molar-refractivity contribution in [1.82, 2.24) is 9.78 Å². The van der Waals surface area contributed by atoms with Gasteiger partial charge in [-0.25, -0.2) is 4.68 Å². The molecule has 3 rings (SSSR count). The van der Waals surface area contributed by atoms with Crippen molar-refractivity contribution in [2.75, 3.05) is 5.32 Å². The van der Waals surface area contributed by atoms with Gasteiger partial charge in [-0.1, -0.05) is 35.9 Å². The molecule has 5 nitrogen and oxygen atoms in total. The molecule has 0 fully saturated rings. The average Bonchev–Trinajstić information content (AvgIpc) is 2.92. The zero-order valence-electron chi connectivity index (χ0n) is 15.0. The lowest BCUT2D eigenvalue weighted by Gasteiger charge is -2.06. The van der Waals surface area contributed by atoms with Crippen LogP contribution in [0.15, 0.2) is 71.2 Å². The van der Waals surface area contributed by atoms with E-state index in [4.69, 9.17) is 0 Å². The minimum Gasteiger partial charge on any atom is -0.359 e. The number of carbonyl (C=O) groups is 1. The first kappa shape index (κ1) is 17.5. The van der Waals surface area contributed by atoms with E-state index in [9.17, 15) is 9.59 Å². The number of aryl methyl sites for hydroxylation is 2. The van der Waals surface area contributed by atoms with E-state index in [1.807, 2.05) is 61.5 Å². The third-order valence-corrected chi connectivity index (χ3v) is 4.07. The van der Waals surface area contributed by atoms with Crippen LogP contribution in [-0.4, -0.2) is 15.6 Å². The molecule has 2 N–H and O–H groups in total. The number of aromatic nitrogens is 2. The Kier molecular flexibility index (Phi) is 4.89. The van der Waals surface area contributed by atoms with Crippen LogP contribution in [0.3, 0.4) is 0 Å². The van der Waals surface area contributed by atoms with Crippen LogP contribution >= 0.6 is 0 Å². The molecule has 0 saturated carbocycles. The normalized spacial score (nSPS) is 11.4. The Morgan fingerprint density at radius 1 is 1.04 bits per heavy atom. The molecular formula is C21H21N3O2. The van der Waals surface area contributed by atoms with Gasteiger partial charge in [-0.2, -0.15) is 0 Å². The van der Waals surface area contributed by atoms with Gasteiger partial charge < -0.3 is 5.32 Å². The van der Waals surface area contributed by atoms with Crippen LogP contribution in [0, 0.1) is 13.8 Å². The molecule has 5 heteroatoms. The summed E-state index contributed by atoms with van der Waals surface area (Å²) >= 11 is 0. The van der Waals surface area contributed by atoms with E-state index in [-0.39, 0.29) is 16.9 Å². The molecule has 0 amide bonds. The maximum atomic E-state index is 12.7. The summed E-state index contributed by atoms with van der Waals surface area (Å²) in [4.78, 5) is 25.3. The topological polar surface area (TPSA) is 66.9 Å². The van der Waals surface area contributed by atoms with Crippen LogP contribution < -0.4 is 10.9 Å². The molecule has 132 valence electrons. The summed E-state index contributed by atoms with van der Waals surface area (Å²) in [6.07, 6.45) is 1.45. The fourth-order valence-electron chi connectivity index (χ4n) is 2.77. The zero-order chi connectivity index (χ0) is 18.7. The van der Waals surface area contributed by atoms with Crippen LogP contribution in [0.25, 0.3) is 5.69 Å². The van der Waals surface area contributed by atoms with Crippen molar-refractivity contribution in [3.8, 4) is 5.69 Å². The number of benzene rings is 2. The Morgan fingerprint density at radius 3 is 2.35 bits per heavy atom. The van der Waals surface area contributed by atoms with E-state index < -0.39 is 0 Å². The minimum absolute atomic E-state index is 0.152. The molecule has 2 aromatic carbocycles. The second kappa shape index (κ2) is 7.27. The van der Waals surface area contributed by atoms with Gasteiger partial charge in [-0.3, -0.25) is 14.7 Å². The number of nitrogens with one attached hydrogen (secondary N) is 2. The number of aromatic amines is 1. The van der Waals surface area contributed by atoms with E-state index in [0.717, 1.165) is 11.3 Å². The highest BCUT2D eigenvalue weighted by atomic mass is 16.2. The molecule has 1 heterocycles. The van der Waals surface area contributed by atoms with E-state index in [1.165, 1.54) is 10.8 Å². The molecule has 0 atom stereocenters. The highest BCUT2D eigenvalue weighted by molar-refractivity contribution is 6.05. The SMILES string of the molecule is C/C(=C/C(=O)c1c(C)[nH]n(-c2ccccc2)c1=O)Nc1ccc(C)cc1. The molecule has 0 aliphatic carbocycles. The van der Waals surface area contributed by atoms with Crippen molar-refractivity contribution in [2.45, 2.75) is 20.8 Å². The van der Waals surface area contributed by atoms with Gasteiger partial charge in [-0.05, 0) is 45.0 Å². The number of anilines is 1. The minimum atomic E-state index is -0.349. The summed E-state index contributed by atoms with van der Waals surface area (Å²) in [5.74, 6) is -0.324. The van der Waals surface area contributed by atoms with Gasteiger partial charge in [0.1, 0.15) is 5.56 Å². The fraction of sp³-hybridized carbons (Fsp3) is 0.143. The van der Waals surface area contributed by atoms with E-state index >= 15 is 0 Å². The zero-order valence-corrected chi connectivity index (χ0v) is 15.0. The maximum absolute atomic E-state index is 12.7. The van der Waals surface area contributed by atoms with Crippen molar-refractivity contribution in [1.29, 1.82) is 0 Å². The predicted octanol–water partition coefficient (Wildman–Crippen LogP) is 3.98. The summed E-state index contributed by atoms with van der Waals surface area (Å²) in [5, 5.41) is 6.14. The van der Waals surface area contributed by atoms with Crippen LogP contribution in [0.2, 0.25) is 0 Å². The van der Waals surface area contributed by atoms with Crippen molar-refractivity contribution in [3.05, 3.63) is 93.5 Å². The number of carbonyl (C=O) groups excluding carboxylic acids is 1. The number of ketones is 1. The van der Waals surface area contributed by atoms with Gasteiger partial charge in [0.25, 0.3) is 5.56 Å². The van der Waals surface area contributed by atoms with Crippen molar-refractivity contribution in [3.63, 3.8) is 0 Å². The predicted molar refractivity (Wildman–Crippen MR) is 104 cm³/mol. The smallest absolute Gasteiger partial charge is 0.282 e. The van der Waals surface area contributed by atoms with Gasteiger partial charge >= 0.3 is 0 Å². The lowest BCUT2D eigenvalue weighted by atomic mass is 10.1. The second-order valence-electron chi connectivity index (χ2n) is 6.27. The molecular weight excluding hydrogens is 326 g/mol. The third-order valence-electron chi connectivity index (χ3n) is 4.07. The van der Waals surface area contributed by atoms with Gasteiger partial charge in [0, 0.05) is 23.2 Å². The van der Waals surface area contributed by atoms with E-state index in [2.05, 4.69) is 10.4 Å². The summed E-state index contributed by atoms with van der Waals surface area (Å²) < 4.78 is 1.39. The summed E-state index contributed by atoms with van der Waals surface area (Å²) in [6.45, 7) is 5.54. The standard InChI is InChI=1S/C21H21N3O2/c1-14-9-11-17(12-10-14)22-15(2)13-19(25)20-16(3)23-24(21(20)26)18-7-5-4-6-8-18/h4-13,22-23H,1-3H3/b15-13-. The Hall–Kier alpha value is -3.34. The molecule has 0 aliphatic heterocycles. The largest absolute Gasteiger partial charge is 0.359 e. The lowest BCUT2D eigenvalue weighted by molar-refractivity contribution is 0.104. The number of hydrogen-bond donors (Lipinski definition) is 2. The number of allylic oxidation sites excluding steroid dienone is 2. The Morgan fingerprint density at radius 2 is 1.69 bits per heavy atom. The quantitative estimate of drug-likeness (QED) is 0.542. The molecule has 0 radical (unpaired) electrons. The van der Waals surface area contributed by atoms with Crippen molar-refractivity contribution in [2.24, 2.45) is 0 Å². The number of para-hydroxylation sites is 1. The number of H-pyrrole nitrogens is 1. The molecule has 0 bridgehead atoms. The second-order valence-corrected chi connectivity index (χ2v) is 6.27. The average molecular weight is 347 g/mol. The molecule has 0 spiro atoms. The first-order valence-corrected chi connectivity index (χ1v) is 8.39. The van der Waals surface area contributed by atoms with E-state index in [1.54, 1.807) is 13.8 Å². The van der Waals surface area contributed by atoms with Crippen LogP contribution in [0.4, 0.5) is 5.69 Å². The lowest BCUT2D eigenvalue weighted by Crippen LogP contribution is -2.20. The Bertz CT molecular complexity index is 1010. The van der Waals surface area contributed by atoms with Gasteiger partial charge in [0.15, 0.2) is 5.78 Å². The summed E-state index contributed by atoms with van der Waals surface area (Å²) in [7, 11) is 0. The van der Waals surface area contributed by atoms with Crippen molar-refractivity contribution < 1.29 is 4.79 Å². The van der Waals surface area contributed by atoms with E-state index in [0.29, 0.717) is 17.1 Å². The fourth-order valence-corrected chi connectivity index (χ4v) is 2.77. The Balaban J connectivity index is 1.87. The van der Waals surface area contributed by atoms with Crippen molar-refractivity contribution >= 4 is 11.5 Å². The third kappa shape index (κ3) is 3.67. The molecule has 3 aromatic rings. The number of rotatable bonds is 5. The monoisotopic (exact) mass is 347 g/mol. The van der Waals surface area contributed by atoms with Gasteiger partial charge in [0.05, 0.1) is 5.69 Å². The molecule has 0 unspecified atom stereocenters. The maximum Gasteiger partial charge on any atom is 0.282 e. The number of nitrogens with zero attached hydrogens (tertiary/aromatic N) is 1.